The van der Waals surface area contributed by atoms with Gasteiger partial charge in [-0.15, -0.1) is 10.2 Å². The molecule has 0 atom stereocenters. The highest BCUT2D eigenvalue weighted by Crippen LogP contribution is 2.26. The van der Waals surface area contributed by atoms with Gasteiger partial charge in [-0.1, -0.05) is 28.6 Å². The van der Waals surface area contributed by atoms with Crippen LogP contribution in [-0.2, 0) is 5.75 Å². The number of hydrogen-bond acceptors (Lipinski definition) is 6. The second kappa shape index (κ2) is 5.20. The van der Waals surface area contributed by atoms with E-state index in [2.05, 4.69) is 25.6 Å². The van der Waals surface area contributed by atoms with Crippen LogP contribution >= 0.6 is 23.4 Å². The maximum absolute atomic E-state index is 11.5. The first-order valence-electron chi connectivity index (χ1n) is 4.81. The molecule has 0 saturated heterocycles. The SMILES string of the molecule is Cc1c(C#N)c(SCc2nn[nH]n2)[nH]c(=O)c1Cl. The van der Waals surface area contributed by atoms with E-state index in [1.807, 2.05) is 6.07 Å². The summed E-state index contributed by atoms with van der Waals surface area (Å²) in [5.74, 6) is 0.875. The summed E-state index contributed by atoms with van der Waals surface area (Å²) in [5.41, 5.74) is 0.412. The van der Waals surface area contributed by atoms with Crippen LogP contribution in [0, 0.1) is 18.3 Å². The molecule has 0 fully saturated rings. The summed E-state index contributed by atoms with van der Waals surface area (Å²) < 4.78 is 0. The summed E-state index contributed by atoms with van der Waals surface area (Å²) in [7, 11) is 0. The number of aromatic nitrogens is 5. The van der Waals surface area contributed by atoms with Gasteiger partial charge >= 0.3 is 0 Å². The molecule has 0 amide bonds. The molecule has 18 heavy (non-hydrogen) atoms. The largest absolute Gasteiger partial charge is 0.315 e. The van der Waals surface area contributed by atoms with Gasteiger partial charge in [0.1, 0.15) is 11.1 Å². The van der Waals surface area contributed by atoms with Gasteiger partial charge in [-0.3, -0.25) is 4.79 Å². The fraction of sp³-hybridized carbons (Fsp3) is 0.222. The van der Waals surface area contributed by atoms with Gasteiger partial charge in [-0.25, -0.2) is 0 Å². The molecule has 2 N–H and O–H groups in total. The summed E-state index contributed by atoms with van der Waals surface area (Å²) in [6, 6.07) is 2.02. The molecule has 0 aliphatic heterocycles. The molecule has 7 nitrogen and oxygen atoms in total. The van der Waals surface area contributed by atoms with Crippen molar-refractivity contribution < 1.29 is 0 Å². The van der Waals surface area contributed by atoms with Crippen molar-refractivity contribution in [1.29, 1.82) is 5.26 Å². The lowest BCUT2D eigenvalue weighted by molar-refractivity contribution is 0.881. The molecule has 0 radical (unpaired) electrons. The maximum atomic E-state index is 11.5. The van der Waals surface area contributed by atoms with Crippen LogP contribution in [0.4, 0.5) is 0 Å². The lowest BCUT2D eigenvalue weighted by Gasteiger charge is -2.06. The maximum Gasteiger partial charge on any atom is 0.267 e. The average Bonchev–Trinajstić information content (AvgIpc) is 2.86. The van der Waals surface area contributed by atoms with Gasteiger partial charge in [0.15, 0.2) is 5.82 Å². The van der Waals surface area contributed by atoms with Crippen LogP contribution in [0.5, 0.6) is 0 Å². The van der Waals surface area contributed by atoms with Crippen LogP contribution in [0.15, 0.2) is 9.82 Å². The Balaban J connectivity index is 2.33. The summed E-state index contributed by atoms with van der Waals surface area (Å²) in [6.45, 7) is 1.63. The summed E-state index contributed by atoms with van der Waals surface area (Å²) >= 11 is 7.03. The first-order chi connectivity index (χ1) is 8.63. The van der Waals surface area contributed by atoms with Crippen LogP contribution in [0.3, 0.4) is 0 Å². The number of halogens is 1. The predicted octanol–water partition coefficient (Wildman–Crippen LogP) is 1.01. The van der Waals surface area contributed by atoms with Crippen molar-refractivity contribution >= 4 is 23.4 Å². The van der Waals surface area contributed by atoms with Crippen molar-refractivity contribution in [2.75, 3.05) is 0 Å². The molecule has 0 bridgehead atoms. The van der Waals surface area contributed by atoms with Gasteiger partial charge < -0.3 is 4.98 Å². The molecular formula is C9H7ClN6OS. The van der Waals surface area contributed by atoms with Gasteiger partial charge in [0.25, 0.3) is 5.56 Å². The number of nitriles is 1. The number of rotatable bonds is 3. The molecule has 0 spiro atoms. The number of tetrazole rings is 1. The summed E-state index contributed by atoms with van der Waals surface area (Å²) in [4.78, 5) is 14.1. The molecule has 0 unspecified atom stereocenters. The molecule has 0 aliphatic carbocycles. The number of nitrogens with one attached hydrogen (secondary N) is 2. The van der Waals surface area contributed by atoms with Gasteiger partial charge in [0.05, 0.1) is 16.3 Å². The summed E-state index contributed by atoms with van der Waals surface area (Å²) in [5, 5.41) is 22.9. The van der Waals surface area contributed by atoms with Crippen LogP contribution in [0.25, 0.3) is 0 Å². The van der Waals surface area contributed by atoms with Crippen molar-refractivity contribution in [2.45, 2.75) is 17.7 Å². The van der Waals surface area contributed by atoms with E-state index in [9.17, 15) is 4.79 Å². The topological polar surface area (TPSA) is 111 Å². The van der Waals surface area contributed by atoms with Gasteiger partial charge in [0.2, 0.25) is 0 Å². The van der Waals surface area contributed by atoms with Crippen molar-refractivity contribution in [3.63, 3.8) is 0 Å². The average molecular weight is 283 g/mol. The number of H-pyrrole nitrogens is 2. The molecule has 2 heterocycles. The highest BCUT2D eigenvalue weighted by atomic mass is 35.5. The third kappa shape index (κ3) is 2.37. The minimum Gasteiger partial charge on any atom is -0.315 e. The lowest BCUT2D eigenvalue weighted by atomic mass is 10.2. The fourth-order valence-electron chi connectivity index (χ4n) is 1.29. The van der Waals surface area contributed by atoms with Crippen molar-refractivity contribution in [3.05, 3.63) is 32.3 Å². The van der Waals surface area contributed by atoms with E-state index < -0.39 is 5.56 Å². The first-order valence-corrected chi connectivity index (χ1v) is 6.17. The van der Waals surface area contributed by atoms with Crippen molar-refractivity contribution in [2.24, 2.45) is 0 Å². The number of nitrogens with zero attached hydrogens (tertiary/aromatic N) is 4. The van der Waals surface area contributed by atoms with Crippen LogP contribution in [0.2, 0.25) is 5.02 Å². The molecule has 0 saturated carbocycles. The third-order valence-corrected chi connectivity index (χ3v) is 3.66. The van der Waals surface area contributed by atoms with Crippen LogP contribution in [-0.4, -0.2) is 25.6 Å². The van der Waals surface area contributed by atoms with Gasteiger partial charge in [-0.05, 0) is 12.5 Å². The Labute approximate surface area is 111 Å². The van der Waals surface area contributed by atoms with Gasteiger partial charge in [0, 0.05) is 0 Å². The Morgan fingerprint density at radius 1 is 1.56 bits per heavy atom. The van der Waals surface area contributed by atoms with Crippen molar-refractivity contribution in [1.82, 2.24) is 25.6 Å². The molecule has 0 aliphatic rings. The van der Waals surface area contributed by atoms with E-state index in [0.717, 1.165) is 0 Å². The van der Waals surface area contributed by atoms with E-state index in [1.54, 1.807) is 6.92 Å². The zero-order valence-electron chi connectivity index (χ0n) is 9.19. The zero-order valence-corrected chi connectivity index (χ0v) is 10.8. The standard InChI is InChI=1S/C9H7ClN6OS/c1-4-5(2-11)9(12-8(17)7(4)10)18-3-6-13-15-16-14-6/h3H2,1H3,(H,12,17)(H,13,14,15,16). The van der Waals surface area contributed by atoms with E-state index in [4.69, 9.17) is 16.9 Å². The second-order valence-corrected chi connectivity index (χ2v) is 4.69. The first kappa shape index (κ1) is 12.6. The Hall–Kier alpha value is -1.85. The number of thioether (sulfide) groups is 1. The fourth-order valence-corrected chi connectivity index (χ4v) is 2.34. The monoisotopic (exact) mass is 282 g/mol. The number of aromatic amines is 2. The van der Waals surface area contributed by atoms with Crippen LogP contribution in [0.1, 0.15) is 17.0 Å². The predicted molar refractivity (Wildman–Crippen MR) is 65.3 cm³/mol. The highest BCUT2D eigenvalue weighted by molar-refractivity contribution is 7.98. The molecular weight excluding hydrogens is 276 g/mol. The van der Waals surface area contributed by atoms with E-state index in [-0.39, 0.29) is 5.02 Å². The quantitative estimate of drug-likeness (QED) is 0.813. The minimum absolute atomic E-state index is 0.0375. The Morgan fingerprint density at radius 2 is 2.33 bits per heavy atom. The van der Waals surface area contributed by atoms with Crippen LogP contribution < -0.4 is 5.56 Å². The molecule has 2 rings (SSSR count). The Kier molecular flexibility index (Phi) is 3.64. The normalized spacial score (nSPS) is 10.3. The molecule has 2 aromatic heterocycles. The Bertz CT molecular complexity index is 659. The van der Waals surface area contributed by atoms with E-state index >= 15 is 0 Å². The zero-order chi connectivity index (χ0) is 13.1. The third-order valence-electron chi connectivity index (χ3n) is 2.20. The number of pyridine rings is 1. The van der Waals surface area contributed by atoms with E-state index in [0.29, 0.717) is 27.7 Å². The van der Waals surface area contributed by atoms with E-state index in [1.165, 1.54) is 11.8 Å². The molecule has 92 valence electrons. The molecule has 0 aromatic carbocycles. The minimum atomic E-state index is -0.413. The number of hydrogen-bond donors (Lipinski definition) is 2. The van der Waals surface area contributed by atoms with Crippen molar-refractivity contribution in [3.8, 4) is 6.07 Å². The smallest absolute Gasteiger partial charge is 0.267 e. The highest BCUT2D eigenvalue weighted by Gasteiger charge is 2.14. The summed E-state index contributed by atoms with van der Waals surface area (Å²) in [6.07, 6.45) is 0. The second-order valence-electron chi connectivity index (χ2n) is 3.33. The molecule has 9 heteroatoms. The Morgan fingerprint density at radius 3 is 2.94 bits per heavy atom. The lowest BCUT2D eigenvalue weighted by Crippen LogP contribution is -2.11. The molecule has 2 aromatic rings. The van der Waals surface area contributed by atoms with Gasteiger partial charge in [-0.2, -0.15) is 10.5 Å².